The number of carbonyl (C=O) groups excluding carboxylic acids is 2. The Morgan fingerprint density at radius 2 is 1.79 bits per heavy atom. The third-order valence-electron chi connectivity index (χ3n) is 3.90. The van der Waals surface area contributed by atoms with Crippen molar-refractivity contribution in [3.63, 3.8) is 0 Å². The van der Waals surface area contributed by atoms with Crippen molar-refractivity contribution in [1.82, 2.24) is 0 Å². The molecule has 0 aromatic heterocycles. The van der Waals surface area contributed by atoms with Gasteiger partial charge in [0.2, 0.25) is 0 Å². The molecule has 0 saturated carbocycles. The molecule has 2 amide bonds. The Morgan fingerprint density at radius 3 is 2.42 bits per heavy atom. The lowest BCUT2D eigenvalue weighted by atomic mass is 9.99. The normalized spacial score (nSPS) is 11.6. The second-order valence-electron chi connectivity index (χ2n) is 5.63. The summed E-state index contributed by atoms with van der Waals surface area (Å²) in [6, 6.07) is 14.3. The fourth-order valence-electron chi connectivity index (χ4n) is 2.27. The average Bonchev–Trinajstić information content (AvgIpc) is 2.60. The van der Waals surface area contributed by atoms with E-state index in [4.69, 9.17) is 10.5 Å². The number of amides is 2. The predicted molar refractivity (Wildman–Crippen MR) is 94.2 cm³/mol. The molecule has 0 radical (unpaired) electrons. The third-order valence-corrected chi connectivity index (χ3v) is 3.90. The van der Waals surface area contributed by atoms with Crippen LogP contribution in [0, 0.1) is 0 Å². The van der Waals surface area contributed by atoms with Crippen molar-refractivity contribution in [3.8, 4) is 5.75 Å². The molecule has 1 atom stereocenters. The Kier molecular flexibility index (Phi) is 5.95. The molecule has 0 spiro atoms. The Morgan fingerprint density at radius 1 is 1.12 bits per heavy atom. The number of hydrogen-bond acceptors (Lipinski definition) is 3. The molecule has 24 heavy (non-hydrogen) atoms. The van der Waals surface area contributed by atoms with Crippen molar-refractivity contribution < 1.29 is 14.3 Å². The van der Waals surface area contributed by atoms with E-state index in [0.29, 0.717) is 17.4 Å². The number of nitrogens with one attached hydrogen (secondary N) is 1. The van der Waals surface area contributed by atoms with Crippen LogP contribution in [-0.4, -0.2) is 18.4 Å². The summed E-state index contributed by atoms with van der Waals surface area (Å²) in [7, 11) is 0. The highest BCUT2D eigenvalue weighted by Gasteiger charge is 2.11. The molecule has 0 aliphatic heterocycles. The van der Waals surface area contributed by atoms with Crippen LogP contribution >= 0.6 is 0 Å². The van der Waals surface area contributed by atoms with Gasteiger partial charge in [-0.2, -0.15) is 0 Å². The number of hydrogen-bond donors (Lipinski definition) is 2. The van der Waals surface area contributed by atoms with E-state index in [2.05, 4.69) is 19.2 Å². The molecular formula is C19H22N2O3. The zero-order chi connectivity index (χ0) is 17.5. The Hall–Kier alpha value is -2.82. The maximum absolute atomic E-state index is 12.0. The summed E-state index contributed by atoms with van der Waals surface area (Å²) in [5.41, 5.74) is 7.17. The third kappa shape index (κ3) is 4.59. The smallest absolute Gasteiger partial charge is 0.262 e. The number of ether oxygens (including phenoxy) is 1. The first-order chi connectivity index (χ1) is 11.5. The van der Waals surface area contributed by atoms with Crippen LogP contribution in [0.1, 0.15) is 42.1 Å². The van der Waals surface area contributed by atoms with E-state index in [1.807, 2.05) is 24.3 Å². The Labute approximate surface area is 141 Å². The molecule has 2 rings (SSSR count). The first kappa shape index (κ1) is 17.5. The summed E-state index contributed by atoms with van der Waals surface area (Å²) >= 11 is 0. The van der Waals surface area contributed by atoms with E-state index in [0.717, 1.165) is 6.42 Å². The van der Waals surface area contributed by atoms with Gasteiger partial charge in [-0.25, -0.2) is 0 Å². The van der Waals surface area contributed by atoms with Crippen molar-refractivity contribution in [3.05, 3.63) is 59.7 Å². The molecule has 2 aromatic carbocycles. The standard InChI is InChI=1S/C19H22N2O3/c1-3-13(2)14-8-10-15(11-9-14)24-12-18(22)21-17-7-5-4-6-16(17)19(20)23/h4-11,13H,3,12H2,1-2H3,(H2,20,23)(H,21,22). The summed E-state index contributed by atoms with van der Waals surface area (Å²) in [5.74, 6) is 0.176. The second kappa shape index (κ2) is 8.15. The zero-order valence-electron chi connectivity index (χ0n) is 13.9. The largest absolute Gasteiger partial charge is 0.484 e. The van der Waals surface area contributed by atoms with Gasteiger partial charge in [0, 0.05) is 0 Å². The van der Waals surface area contributed by atoms with Crippen molar-refractivity contribution in [1.29, 1.82) is 0 Å². The number of para-hydroxylation sites is 1. The highest BCUT2D eigenvalue weighted by molar-refractivity contribution is 6.03. The molecule has 3 N–H and O–H groups in total. The van der Waals surface area contributed by atoms with Gasteiger partial charge in [-0.05, 0) is 42.2 Å². The van der Waals surface area contributed by atoms with Gasteiger partial charge in [0.15, 0.2) is 6.61 Å². The van der Waals surface area contributed by atoms with Crippen LogP contribution in [0.4, 0.5) is 5.69 Å². The van der Waals surface area contributed by atoms with Crippen molar-refractivity contribution in [2.75, 3.05) is 11.9 Å². The molecular weight excluding hydrogens is 304 g/mol. The van der Waals surface area contributed by atoms with Crippen LogP contribution in [0.5, 0.6) is 5.75 Å². The molecule has 0 aliphatic carbocycles. The van der Waals surface area contributed by atoms with Gasteiger partial charge in [0.1, 0.15) is 5.75 Å². The average molecular weight is 326 g/mol. The topological polar surface area (TPSA) is 81.4 Å². The molecule has 1 unspecified atom stereocenters. The molecule has 0 heterocycles. The second-order valence-corrected chi connectivity index (χ2v) is 5.63. The minimum absolute atomic E-state index is 0.143. The first-order valence-electron chi connectivity index (χ1n) is 7.92. The first-order valence-corrected chi connectivity index (χ1v) is 7.92. The van der Waals surface area contributed by atoms with Crippen LogP contribution in [0.25, 0.3) is 0 Å². The summed E-state index contributed by atoms with van der Waals surface area (Å²) in [4.78, 5) is 23.3. The van der Waals surface area contributed by atoms with Gasteiger partial charge in [-0.15, -0.1) is 0 Å². The van der Waals surface area contributed by atoms with E-state index in [9.17, 15) is 9.59 Å². The molecule has 0 aliphatic rings. The van der Waals surface area contributed by atoms with Gasteiger partial charge in [-0.3, -0.25) is 9.59 Å². The van der Waals surface area contributed by atoms with E-state index in [-0.39, 0.29) is 18.1 Å². The maximum Gasteiger partial charge on any atom is 0.262 e. The fourth-order valence-corrected chi connectivity index (χ4v) is 2.27. The lowest BCUT2D eigenvalue weighted by molar-refractivity contribution is -0.118. The van der Waals surface area contributed by atoms with Gasteiger partial charge < -0.3 is 15.8 Å². The van der Waals surface area contributed by atoms with Gasteiger partial charge in [0.05, 0.1) is 11.3 Å². The monoisotopic (exact) mass is 326 g/mol. The molecule has 0 saturated heterocycles. The predicted octanol–water partition coefficient (Wildman–Crippen LogP) is 3.32. The number of rotatable bonds is 7. The minimum atomic E-state index is -0.590. The Balaban J connectivity index is 1.93. The van der Waals surface area contributed by atoms with Gasteiger partial charge in [-0.1, -0.05) is 38.1 Å². The van der Waals surface area contributed by atoms with E-state index in [1.165, 1.54) is 5.56 Å². The molecule has 0 fully saturated rings. The zero-order valence-corrected chi connectivity index (χ0v) is 13.9. The highest BCUT2D eigenvalue weighted by atomic mass is 16.5. The minimum Gasteiger partial charge on any atom is -0.484 e. The van der Waals surface area contributed by atoms with Crippen LogP contribution in [0.2, 0.25) is 0 Å². The lowest BCUT2D eigenvalue weighted by Crippen LogP contribution is -2.22. The van der Waals surface area contributed by atoms with Crippen molar-refractivity contribution >= 4 is 17.5 Å². The van der Waals surface area contributed by atoms with E-state index < -0.39 is 5.91 Å². The van der Waals surface area contributed by atoms with Gasteiger partial charge >= 0.3 is 0 Å². The van der Waals surface area contributed by atoms with E-state index in [1.54, 1.807) is 24.3 Å². The quantitative estimate of drug-likeness (QED) is 0.819. The molecule has 0 bridgehead atoms. The van der Waals surface area contributed by atoms with E-state index >= 15 is 0 Å². The van der Waals surface area contributed by atoms with Crippen molar-refractivity contribution in [2.24, 2.45) is 5.73 Å². The van der Waals surface area contributed by atoms with Crippen LogP contribution in [0.15, 0.2) is 48.5 Å². The van der Waals surface area contributed by atoms with Gasteiger partial charge in [0.25, 0.3) is 11.8 Å². The van der Waals surface area contributed by atoms with Crippen molar-refractivity contribution in [2.45, 2.75) is 26.2 Å². The lowest BCUT2D eigenvalue weighted by Gasteiger charge is -2.11. The Bertz CT molecular complexity index is 711. The fraction of sp³-hybridized carbons (Fsp3) is 0.263. The number of anilines is 1. The summed E-state index contributed by atoms with van der Waals surface area (Å²) in [5, 5.41) is 2.64. The molecule has 5 nitrogen and oxygen atoms in total. The maximum atomic E-state index is 12.0. The number of nitrogens with two attached hydrogens (primary N) is 1. The van der Waals surface area contributed by atoms with Crippen LogP contribution in [-0.2, 0) is 4.79 Å². The number of primary amides is 1. The highest BCUT2D eigenvalue weighted by Crippen LogP contribution is 2.21. The SMILES string of the molecule is CCC(C)c1ccc(OCC(=O)Nc2ccccc2C(N)=O)cc1. The molecule has 2 aromatic rings. The molecule has 5 heteroatoms. The number of benzene rings is 2. The number of carbonyl (C=O) groups is 2. The van der Waals surface area contributed by atoms with Crippen LogP contribution < -0.4 is 15.8 Å². The summed E-state index contributed by atoms with van der Waals surface area (Å²) in [6.07, 6.45) is 1.07. The molecule has 126 valence electrons. The van der Waals surface area contributed by atoms with Crippen LogP contribution in [0.3, 0.4) is 0 Å². The summed E-state index contributed by atoms with van der Waals surface area (Å²) < 4.78 is 5.48. The summed E-state index contributed by atoms with van der Waals surface area (Å²) in [6.45, 7) is 4.17.